The normalized spacial score (nSPS) is 11.6. The topological polar surface area (TPSA) is 15.6 Å². The van der Waals surface area contributed by atoms with Crippen LogP contribution in [-0.4, -0.2) is 24.3 Å². The van der Waals surface area contributed by atoms with Gasteiger partial charge < -0.3 is 4.90 Å². The van der Waals surface area contributed by atoms with Gasteiger partial charge in [-0.1, -0.05) is 18.2 Å². The molecule has 0 aliphatic carbocycles. The maximum absolute atomic E-state index is 4.60. The average Bonchev–Trinajstić information content (AvgIpc) is 2.27. The van der Waals surface area contributed by atoms with Gasteiger partial charge in [-0.25, -0.2) is 4.99 Å². The van der Waals surface area contributed by atoms with E-state index >= 15 is 0 Å². The number of aliphatic imine (C=N–C) groups is 1. The Morgan fingerprint density at radius 3 is 2.60 bits per heavy atom. The second kappa shape index (κ2) is 6.33. The number of rotatable bonds is 5. The molecular weight excluding hydrogens is 204 g/mol. The minimum Gasteiger partial charge on any atom is -0.370 e. The van der Waals surface area contributed by atoms with E-state index in [1.54, 1.807) is 0 Å². The van der Waals surface area contributed by atoms with Crippen molar-refractivity contribution in [2.45, 2.75) is 19.9 Å². The van der Waals surface area contributed by atoms with Crippen LogP contribution in [0.4, 0.5) is 5.69 Å². The molecule has 0 saturated heterocycles. The van der Waals surface area contributed by atoms with Crippen molar-refractivity contribution < 1.29 is 0 Å². The summed E-state index contributed by atoms with van der Waals surface area (Å²) in [6.07, 6.45) is 0. The number of anilines is 1. The first-order valence-corrected chi connectivity index (χ1v) is 5.55. The van der Waals surface area contributed by atoms with Gasteiger partial charge in [-0.3, -0.25) is 0 Å². The highest BCUT2D eigenvalue weighted by Crippen LogP contribution is 2.13. The summed E-state index contributed by atoms with van der Waals surface area (Å²) in [5.41, 5.74) is 1.23. The predicted molar refractivity (Wildman–Crippen MR) is 68.8 cm³/mol. The van der Waals surface area contributed by atoms with Crippen LogP contribution in [0, 0.1) is 0 Å². The lowest BCUT2D eigenvalue weighted by molar-refractivity contribution is 0.695. The highest BCUT2D eigenvalue weighted by Gasteiger charge is 2.07. The summed E-state index contributed by atoms with van der Waals surface area (Å²) in [6, 6.07) is 10.5. The van der Waals surface area contributed by atoms with Crippen LogP contribution >= 0.6 is 12.2 Å². The van der Waals surface area contributed by atoms with Gasteiger partial charge in [-0.15, -0.1) is 0 Å². The largest absolute Gasteiger partial charge is 0.370 e. The van der Waals surface area contributed by atoms with Gasteiger partial charge in [0.15, 0.2) is 0 Å². The minimum absolute atomic E-state index is 0.197. The van der Waals surface area contributed by atoms with Crippen molar-refractivity contribution in [3.8, 4) is 0 Å². The molecule has 0 saturated carbocycles. The second-order valence-electron chi connectivity index (χ2n) is 3.44. The van der Waals surface area contributed by atoms with Crippen LogP contribution < -0.4 is 4.90 Å². The number of thiocarbonyl (C=S) groups is 1. The van der Waals surface area contributed by atoms with Crippen molar-refractivity contribution in [1.82, 2.24) is 0 Å². The lowest BCUT2D eigenvalue weighted by atomic mass is 10.2. The Morgan fingerprint density at radius 1 is 1.40 bits per heavy atom. The molecule has 0 bridgehead atoms. The molecule has 0 fully saturated rings. The zero-order valence-electron chi connectivity index (χ0n) is 9.18. The molecule has 80 valence electrons. The number of nitrogens with zero attached hydrogens (tertiary/aromatic N) is 2. The first kappa shape index (κ1) is 11.9. The Morgan fingerprint density at radius 2 is 2.07 bits per heavy atom. The fourth-order valence-electron chi connectivity index (χ4n) is 1.51. The molecule has 1 rings (SSSR count). The number of hydrogen-bond donors (Lipinski definition) is 0. The van der Waals surface area contributed by atoms with Gasteiger partial charge in [0.2, 0.25) is 0 Å². The lowest BCUT2D eigenvalue weighted by Crippen LogP contribution is -2.29. The molecule has 3 heteroatoms. The van der Waals surface area contributed by atoms with E-state index < -0.39 is 0 Å². The van der Waals surface area contributed by atoms with Crippen molar-refractivity contribution in [3.63, 3.8) is 0 Å². The molecule has 0 spiro atoms. The zero-order chi connectivity index (χ0) is 11.1. The van der Waals surface area contributed by atoms with Gasteiger partial charge in [0.1, 0.15) is 0 Å². The third-order valence-corrected chi connectivity index (χ3v) is 2.37. The molecule has 1 atom stereocenters. The van der Waals surface area contributed by atoms with Gasteiger partial charge in [-0.05, 0) is 38.2 Å². The molecule has 15 heavy (non-hydrogen) atoms. The smallest absolute Gasteiger partial charge is 0.0749 e. The van der Waals surface area contributed by atoms with Crippen LogP contribution in [0.1, 0.15) is 13.8 Å². The van der Waals surface area contributed by atoms with Crippen LogP contribution in [0.25, 0.3) is 0 Å². The summed E-state index contributed by atoms with van der Waals surface area (Å²) in [4.78, 5) is 6.34. The highest BCUT2D eigenvalue weighted by atomic mass is 32.1. The van der Waals surface area contributed by atoms with Crippen LogP contribution in [0.3, 0.4) is 0 Å². The molecule has 0 aliphatic heterocycles. The van der Waals surface area contributed by atoms with Crippen molar-refractivity contribution in [2.75, 3.05) is 18.0 Å². The van der Waals surface area contributed by atoms with Gasteiger partial charge in [-0.2, -0.15) is 0 Å². The number of benzene rings is 1. The summed E-state index contributed by atoms with van der Waals surface area (Å²) in [5.74, 6) is 0. The Hall–Kier alpha value is -1.18. The fourth-order valence-corrected chi connectivity index (χ4v) is 1.69. The van der Waals surface area contributed by atoms with Crippen LogP contribution in [0.2, 0.25) is 0 Å². The minimum atomic E-state index is 0.197. The van der Waals surface area contributed by atoms with Crippen LogP contribution in [0.5, 0.6) is 0 Å². The van der Waals surface area contributed by atoms with Crippen molar-refractivity contribution >= 4 is 23.1 Å². The van der Waals surface area contributed by atoms with E-state index in [1.165, 1.54) is 5.69 Å². The average molecular weight is 220 g/mol. The Kier molecular flexibility index (Phi) is 5.02. The molecule has 0 amide bonds. The maximum atomic E-state index is 4.60. The SMILES string of the molecule is CCN(CC(C)N=C=S)c1ccccc1. The van der Waals surface area contributed by atoms with E-state index in [1.807, 2.05) is 25.1 Å². The van der Waals surface area contributed by atoms with E-state index in [2.05, 4.69) is 46.3 Å². The van der Waals surface area contributed by atoms with Crippen molar-refractivity contribution in [3.05, 3.63) is 30.3 Å². The number of isothiocyanates is 1. The molecule has 0 aromatic heterocycles. The number of likely N-dealkylation sites (N-methyl/N-ethyl adjacent to an activating group) is 1. The van der Waals surface area contributed by atoms with Gasteiger partial charge >= 0.3 is 0 Å². The molecule has 0 aliphatic rings. The first-order valence-electron chi connectivity index (χ1n) is 5.15. The number of hydrogen-bond acceptors (Lipinski definition) is 3. The highest BCUT2D eigenvalue weighted by molar-refractivity contribution is 7.78. The fraction of sp³-hybridized carbons (Fsp3) is 0.417. The van der Waals surface area contributed by atoms with Crippen LogP contribution in [0.15, 0.2) is 35.3 Å². The molecule has 1 aromatic rings. The third-order valence-electron chi connectivity index (χ3n) is 2.26. The predicted octanol–water partition coefficient (Wildman–Crippen LogP) is 3.00. The lowest BCUT2D eigenvalue weighted by Gasteiger charge is -2.24. The standard InChI is InChI=1S/C12H16N2S/c1-3-14(9-11(2)13-10-15)12-7-5-4-6-8-12/h4-8,11H,3,9H2,1-2H3. The molecule has 1 unspecified atom stereocenters. The van der Waals surface area contributed by atoms with Gasteiger partial charge in [0.05, 0.1) is 11.2 Å². The molecular formula is C12H16N2S. The Bertz CT molecular complexity index is 331. The molecule has 2 nitrogen and oxygen atoms in total. The van der Waals surface area contributed by atoms with Gasteiger partial charge in [0.25, 0.3) is 0 Å². The second-order valence-corrected chi connectivity index (χ2v) is 3.63. The molecule has 1 aromatic carbocycles. The van der Waals surface area contributed by atoms with Gasteiger partial charge in [0, 0.05) is 18.8 Å². The van der Waals surface area contributed by atoms with Crippen LogP contribution in [-0.2, 0) is 0 Å². The van der Waals surface area contributed by atoms with E-state index in [0.29, 0.717) is 0 Å². The summed E-state index contributed by atoms with van der Waals surface area (Å²) in [6.45, 7) is 6.04. The van der Waals surface area contributed by atoms with Crippen molar-refractivity contribution in [2.24, 2.45) is 4.99 Å². The summed E-state index contributed by atoms with van der Waals surface area (Å²) in [7, 11) is 0. The van der Waals surface area contributed by atoms with Crippen molar-refractivity contribution in [1.29, 1.82) is 0 Å². The summed E-state index contributed by atoms with van der Waals surface area (Å²) >= 11 is 4.60. The van der Waals surface area contributed by atoms with E-state index in [-0.39, 0.29) is 6.04 Å². The Balaban J connectivity index is 2.68. The Labute approximate surface area is 96.6 Å². The molecule has 0 radical (unpaired) electrons. The summed E-state index contributed by atoms with van der Waals surface area (Å²) in [5, 5.41) is 2.43. The quantitative estimate of drug-likeness (QED) is 0.560. The zero-order valence-corrected chi connectivity index (χ0v) is 10.00. The maximum Gasteiger partial charge on any atom is 0.0749 e. The first-order chi connectivity index (χ1) is 7.27. The number of para-hydroxylation sites is 1. The van der Waals surface area contributed by atoms with E-state index in [0.717, 1.165) is 13.1 Å². The van der Waals surface area contributed by atoms with E-state index in [9.17, 15) is 0 Å². The molecule has 0 heterocycles. The molecule has 0 N–H and O–H groups in total. The summed E-state index contributed by atoms with van der Waals surface area (Å²) < 4.78 is 0. The van der Waals surface area contributed by atoms with E-state index in [4.69, 9.17) is 0 Å². The third kappa shape index (κ3) is 3.82. The monoisotopic (exact) mass is 220 g/mol.